The van der Waals surface area contributed by atoms with Crippen LogP contribution in [0.25, 0.3) is 10.9 Å². The van der Waals surface area contributed by atoms with E-state index in [0.717, 1.165) is 33.3 Å². The number of hydrogen-bond acceptors (Lipinski definition) is 15. The Morgan fingerprint density at radius 2 is 1.37 bits per heavy atom. The monoisotopic (exact) mass is 1240 g/mol. The maximum Gasteiger partial charge on any atom is 0.315 e. The number of aliphatic hydroxyl groups excluding tert-OH is 2. The first-order valence-electron chi connectivity index (χ1n) is 29.3. The lowest BCUT2D eigenvalue weighted by Gasteiger charge is -2.34. The number of guanidine groups is 1. The van der Waals surface area contributed by atoms with Gasteiger partial charge in [0.15, 0.2) is 17.5 Å². The number of aromatic hydroxyl groups is 1. The number of urea groups is 1. The summed E-state index contributed by atoms with van der Waals surface area (Å²) in [6.45, 7) is 5.18. The van der Waals surface area contributed by atoms with Crippen LogP contribution < -0.4 is 54.4 Å². The number of aliphatic imine (C=N–C) groups is 1. The number of carbonyl (C=O) groups is 11. The molecule has 1 saturated heterocycles. The average Bonchev–Trinajstić information content (AvgIpc) is 3.16. The van der Waals surface area contributed by atoms with Crippen LogP contribution in [0.1, 0.15) is 82.9 Å². The summed E-state index contributed by atoms with van der Waals surface area (Å²) in [6.07, 6.45) is -2.32. The van der Waals surface area contributed by atoms with Gasteiger partial charge in [0.25, 0.3) is 0 Å². The van der Waals surface area contributed by atoms with E-state index in [1.807, 2.05) is 38.1 Å². The van der Waals surface area contributed by atoms with Crippen LogP contribution >= 0.6 is 0 Å². The van der Waals surface area contributed by atoms with Crippen LogP contribution in [0.2, 0.25) is 0 Å². The van der Waals surface area contributed by atoms with E-state index in [9.17, 15) is 68.1 Å². The Kier molecular flexibility index (Phi) is 26.6. The molecule has 1 aliphatic heterocycles. The van der Waals surface area contributed by atoms with Crippen molar-refractivity contribution in [3.63, 3.8) is 0 Å². The molecule has 1 aliphatic rings. The molecular weight excluding hydrogens is 1150 g/mol. The quantitative estimate of drug-likeness (QED) is 0.0148. The Bertz CT molecular complexity index is 3170. The molecule has 1 fully saturated rings. The number of nitrogens with one attached hydrogen (secondary N) is 8. The highest BCUT2D eigenvalue weighted by atomic mass is 16.3. The summed E-state index contributed by atoms with van der Waals surface area (Å²) in [5.41, 5.74) is 19.8. The molecule has 17 N–H and O–H groups in total. The van der Waals surface area contributed by atoms with Crippen molar-refractivity contribution >= 4 is 81.7 Å². The minimum absolute atomic E-state index is 0.0440. The highest BCUT2D eigenvalue weighted by Gasteiger charge is 2.44. The number of H-pyrrole nitrogens is 1. The highest BCUT2D eigenvalue weighted by Crippen LogP contribution is 2.24. The molecule has 0 radical (unpaired) electrons. The summed E-state index contributed by atoms with van der Waals surface area (Å²) in [7, 11) is 2.59. The predicted molar refractivity (Wildman–Crippen MR) is 327 cm³/mol. The summed E-state index contributed by atoms with van der Waals surface area (Å²) < 4.78 is 0. The number of aromatic nitrogens is 1. The Morgan fingerprint density at radius 3 is 2.00 bits per heavy atom. The number of ketones is 2. The normalized spacial score (nSPS) is 16.7. The third-order valence-corrected chi connectivity index (χ3v) is 15.1. The van der Waals surface area contributed by atoms with Crippen molar-refractivity contribution < 1.29 is 68.1 Å². The Labute approximate surface area is 515 Å². The number of β-amino-alcohol motifs (C(OH)–C–C–N with tert-alkyl or cyclic N) is 1. The van der Waals surface area contributed by atoms with E-state index in [2.05, 4.69) is 47.2 Å². The standard InChI is InChI=1S/C61H84N14O14/c1-33(2)23-44(50(80)27-38(15-12-22-66-60(64)65-5)55(84)71-46(54(63)83)26-39-30-67-43-17-11-10-16-42(39)43)73-61(89)68-31-51(81)45(24-36-13-8-7-9-14-36)70-57(86)53(34(3)76)74(6)58(87)48(29-52(62)82)72-56(85)49-28-41(79)32-75(49)59(88)47(69-35(4)77)25-37-18-20-40(78)21-19-37/h7-11,13-14,16-21,30,33-34,38,41,44-49,53,67,76,78-79H,12,15,22-29,31-32H2,1-6H3,(H2,62,82)(H2,63,83)(H,69,77)(H,70,86)(H,71,84)(H,72,85)(H3,64,65,66)(H2,68,73,89)/t34-,38-,41-,44+,45+,46+,47-,48+,49+,53+/m1/s1. The van der Waals surface area contributed by atoms with Crippen molar-refractivity contribution in [2.75, 3.05) is 33.7 Å². The number of phenols is 1. The molecule has 3 aromatic carbocycles. The number of phenolic OH excluding ortho intramolecular Hbond substituents is 1. The summed E-state index contributed by atoms with van der Waals surface area (Å²) >= 11 is 0. The minimum Gasteiger partial charge on any atom is -0.508 e. The summed E-state index contributed by atoms with van der Waals surface area (Å²) in [5, 5.41) is 50.7. The van der Waals surface area contributed by atoms with Crippen LogP contribution in [-0.4, -0.2) is 189 Å². The number of aliphatic hydroxyl groups is 2. The molecule has 89 heavy (non-hydrogen) atoms. The van der Waals surface area contributed by atoms with E-state index in [4.69, 9.17) is 17.2 Å². The second-order valence-electron chi connectivity index (χ2n) is 22.7. The van der Waals surface area contributed by atoms with Gasteiger partial charge in [-0.1, -0.05) is 74.5 Å². The second-order valence-corrected chi connectivity index (χ2v) is 22.7. The van der Waals surface area contributed by atoms with E-state index in [1.54, 1.807) is 36.5 Å². The predicted octanol–water partition coefficient (Wildman–Crippen LogP) is -1.44. The molecule has 0 spiro atoms. The smallest absolute Gasteiger partial charge is 0.315 e. The molecule has 10 amide bonds. The lowest BCUT2D eigenvalue weighted by atomic mass is 9.90. The van der Waals surface area contributed by atoms with Crippen molar-refractivity contribution in [3.05, 3.63) is 102 Å². The molecule has 5 rings (SSSR count). The number of nitrogens with zero attached hydrogens (tertiary/aromatic N) is 3. The average molecular weight is 1240 g/mol. The number of nitrogens with two attached hydrogens (primary N) is 3. The maximum atomic E-state index is 14.4. The number of hydrogen-bond donors (Lipinski definition) is 14. The fourth-order valence-electron chi connectivity index (χ4n) is 10.6. The van der Waals surface area contributed by atoms with Crippen LogP contribution in [0.3, 0.4) is 0 Å². The van der Waals surface area contributed by atoms with Crippen molar-refractivity contribution in [2.24, 2.45) is 34.0 Å². The first-order valence-corrected chi connectivity index (χ1v) is 29.3. The van der Waals surface area contributed by atoms with Gasteiger partial charge in [-0.3, -0.25) is 52.9 Å². The number of Topliss-reactive ketones (excluding diaryl/α,β-unsaturated/α-hetero) is 2. The molecular formula is C61H84N14O14. The zero-order valence-electron chi connectivity index (χ0n) is 50.8. The number of likely N-dealkylation sites (tertiary alicyclic amines) is 1. The lowest BCUT2D eigenvalue weighted by Crippen LogP contribution is -2.61. The highest BCUT2D eigenvalue weighted by molar-refractivity contribution is 6.00. The third-order valence-electron chi connectivity index (χ3n) is 15.1. The number of rotatable bonds is 33. The largest absolute Gasteiger partial charge is 0.508 e. The molecule has 2 heterocycles. The summed E-state index contributed by atoms with van der Waals surface area (Å²) in [5.74, 6) is -9.42. The molecule has 0 aliphatic carbocycles. The third kappa shape index (κ3) is 21.4. The summed E-state index contributed by atoms with van der Waals surface area (Å²) in [6, 6.07) is 10.6. The molecule has 4 aromatic rings. The van der Waals surface area contributed by atoms with Crippen LogP contribution in [0.4, 0.5) is 4.79 Å². The number of carbonyl (C=O) groups excluding carboxylic acids is 11. The Morgan fingerprint density at radius 1 is 0.730 bits per heavy atom. The van der Waals surface area contributed by atoms with Gasteiger partial charge in [-0.05, 0) is 73.4 Å². The maximum absolute atomic E-state index is 14.4. The lowest BCUT2D eigenvalue weighted by molar-refractivity contribution is -0.147. The van der Waals surface area contributed by atoms with E-state index in [0.29, 0.717) is 17.5 Å². The van der Waals surface area contributed by atoms with Gasteiger partial charge in [-0.2, -0.15) is 0 Å². The number of aromatic amines is 1. The molecule has 10 atom stereocenters. The molecule has 0 bridgehead atoms. The molecule has 28 heteroatoms. The number of fused-ring (bicyclic) bond motifs is 1. The van der Waals surface area contributed by atoms with Gasteiger partial charge in [-0.15, -0.1) is 0 Å². The van der Waals surface area contributed by atoms with Crippen molar-refractivity contribution in [1.29, 1.82) is 0 Å². The molecule has 0 unspecified atom stereocenters. The fraction of sp³-hybridized carbons (Fsp3) is 0.475. The van der Waals surface area contributed by atoms with E-state index in [-0.39, 0.29) is 75.7 Å². The SMILES string of the molecule is CN=C(N)NCCC[C@H](CC(=O)[C@H](CC(C)C)NC(=O)NCC(=O)[C@H](Cc1ccccc1)NC(=O)[C@H]([C@@H](C)O)N(C)C(=O)[C@H](CC(N)=O)NC(=O)[C@@H]1C[C@@H](O)CN1C(=O)[C@@H](Cc1ccc(O)cc1)NC(C)=O)C(=O)N[C@@H](Cc1c[nH]c2ccccc12)C(N)=O. The van der Waals surface area contributed by atoms with Gasteiger partial charge in [0.2, 0.25) is 47.3 Å². The number of benzene rings is 3. The number of amides is 10. The number of primary amides is 2. The Hall–Kier alpha value is -9.44. The van der Waals surface area contributed by atoms with Crippen LogP contribution in [0.15, 0.2) is 90.1 Å². The minimum atomic E-state index is -1.81. The van der Waals surface area contributed by atoms with Gasteiger partial charge in [0, 0.05) is 82.8 Å². The van der Waals surface area contributed by atoms with E-state index >= 15 is 0 Å². The molecule has 28 nitrogen and oxygen atoms in total. The number of para-hydroxylation sites is 1. The topological polar surface area (TPSA) is 445 Å². The fourth-order valence-corrected chi connectivity index (χ4v) is 10.6. The first kappa shape index (κ1) is 70.3. The van der Waals surface area contributed by atoms with Crippen LogP contribution in [0, 0.1) is 11.8 Å². The molecule has 482 valence electrons. The number of likely N-dealkylation sites (N-methyl/N-ethyl adjacent to an activating group) is 1. The van der Waals surface area contributed by atoms with E-state index in [1.165, 1.54) is 45.2 Å². The molecule has 1 aromatic heterocycles. The van der Waals surface area contributed by atoms with Gasteiger partial charge >= 0.3 is 6.03 Å². The first-order chi connectivity index (χ1) is 42.1. The zero-order valence-corrected chi connectivity index (χ0v) is 50.8. The van der Waals surface area contributed by atoms with Gasteiger partial charge in [0.05, 0.1) is 37.3 Å². The molecule has 0 saturated carbocycles. The second kappa shape index (κ2) is 33.6. The summed E-state index contributed by atoms with van der Waals surface area (Å²) in [4.78, 5) is 160. The van der Waals surface area contributed by atoms with E-state index < -0.39 is 138 Å². The zero-order chi connectivity index (χ0) is 65.6. The Balaban J connectivity index is 1.29. The van der Waals surface area contributed by atoms with Crippen molar-refractivity contribution in [1.82, 2.24) is 52.0 Å². The van der Waals surface area contributed by atoms with Gasteiger partial charge in [-0.25, -0.2) is 4.79 Å². The van der Waals surface area contributed by atoms with Crippen LogP contribution in [-0.2, 0) is 67.2 Å². The van der Waals surface area contributed by atoms with Crippen molar-refractivity contribution in [2.45, 2.75) is 140 Å². The van der Waals surface area contributed by atoms with Crippen LogP contribution in [0.5, 0.6) is 5.75 Å². The van der Waals surface area contributed by atoms with Gasteiger partial charge in [0.1, 0.15) is 36.0 Å². The van der Waals surface area contributed by atoms with Crippen molar-refractivity contribution in [3.8, 4) is 5.75 Å². The van der Waals surface area contributed by atoms with Gasteiger partial charge < -0.3 is 84.5 Å².